The van der Waals surface area contributed by atoms with Gasteiger partial charge in [-0.3, -0.25) is 19.3 Å². The molecular formula is C28H25N3O11S. The molecule has 4 rings (SSSR count). The van der Waals surface area contributed by atoms with Gasteiger partial charge in [-0.2, -0.15) is 0 Å². The fraction of sp³-hybridized carbons (Fsp3) is 0.214. The molecule has 1 atom stereocenters. The van der Waals surface area contributed by atoms with Crippen LogP contribution in [0.2, 0.25) is 0 Å². The second-order valence-corrected chi connectivity index (χ2v) is 10.2. The van der Waals surface area contributed by atoms with Crippen molar-refractivity contribution in [1.29, 1.82) is 0 Å². The van der Waals surface area contributed by atoms with Gasteiger partial charge in [-0.15, -0.1) is 11.3 Å². The van der Waals surface area contributed by atoms with E-state index in [1.165, 1.54) is 11.0 Å². The number of carbonyl (C=O) groups excluding carboxylic acids is 4. The molecule has 0 saturated heterocycles. The summed E-state index contributed by atoms with van der Waals surface area (Å²) in [5, 5.41) is 23.4. The summed E-state index contributed by atoms with van der Waals surface area (Å²) in [4.78, 5) is 73.6. The number of nitrogens with one attached hydrogen (secondary N) is 2. The first-order valence-electron chi connectivity index (χ1n) is 12.6. The molecule has 14 nitrogen and oxygen atoms in total. The number of rotatable bonds is 9. The number of ether oxygens (including phenoxy) is 3. The van der Waals surface area contributed by atoms with Crippen molar-refractivity contribution in [2.24, 2.45) is 0 Å². The predicted octanol–water partition coefficient (Wildman–Crippen LogP) is 3.08. The van der Waals surface area contributed by atoms with Gasteiger partial charge in [0.05, 0.1) is 18.2 Å². The zero-order valence-electron chi connectivity index (χ0n) is 22.5. The molecule has 224 valence electrons. The third-order valence-electron chi connectivity index (χ3n) is 6.17. The van der Waals surface area contributed by atoms with Crippen molar-refractivity contribution < 1.29 is 53.2 Å². The van der Waals surface area contributed by atoms with Crippen molar-refractivity contribution in [2.75, 3.05) is 18.7 Å². The van der Waals surface area contributed by atoms with Crippen molar-refractivity contribution in [3.8, 4) is 11.5 Å². The number of para-hydroxylation sites is 1. The maximum Gasteiger partial charge on any atom is 0.413 e. The Morgan fingerprint density at radius 2 is 1.70 bits per heavy atom. The van der Waals surface area contributed by atoms with E-state index in [1.54, 1.807) is 42.5 Å². The fourth-order valence-electron chi connectivity index (χ4n) is 4.24. The minimum absolute atomic E-state index is 0.0868. The molecule has 0 aliphatic carbocycles. The number of hydrogen-bond donors (Lipinski definition) is 4. The van der Waals surface area contributed by atoms with Crippen LogP contribution in [0.5, 0.6) is 11.5 Å². The standard InChI is InChI=1S/C28H25N3O11S/c1-15(32)40-14-41-28(39)31-13-21-20(22(26(35)36)25(43-21)30-24(34)27(37)38)11-17(31)12-29-23(33)16-6-5-9-19(10-16)42-18-7-3-2-4-8-18/h2-10,17H,11-14H2,1H3,(H,29,33)(H,30,34)(H,35,36)(H,37,38)/t17-/m0/s1. The first-order valence-corrected chi connectivity index (χ1v) is 13.4. The number of carbonyl (C=O) groups is 6. The van der Waals surface area contributed by atoms with Crippen molar-refractivity contribution in [2.45, 2.75) is 25.9 Å². The Morgan fingerprint density at radius 1 is 0.977 bits per heavy atom. The zero-order valence-corrected chi connectivity index (χ0v) is 23.3. The normalized spacial score (nSPS) is 13.7. The SMILES string of the molecule is CC(=O)OCOC(=O)N1Cc2sc(NC(=O)C(=O)O)c(C(=O)O)c2C[C@H]1CNC(=O)c1cccc(Oc2ccccc2)c1. The first kappa shape index (κ1) is 30.5. The Morgan fingerprint density at radius 3 is 2.37 bits per heavy atom. The molecule has 0 radical (unpaired) electrons. The molecule has 1 aliphatic rings. The van der Waals surface area contributed by atoms with E-state index in [9.17, 15) is 33.9 Å². The van der Waals surface area contributed by atoms with Crippen LogP contribution < -0.4 is 15.4 Å². The topological polar surface area (TPSA) is 198 Å². The molecule has 0 fully saturated rings. The molecule has 0 unspecified atom stereocenters. The summed E-state index contributed by atoms with van der Waals surface area (Å²) in [6, 6.07) is 14.5. The molecule has 4 N–H and O–H groups in total. The van der Waals surface area contributed by atoms with Crippen LogP contribution >= 0.6 is 11.3 Å². The Hall–Kier alpha value is -5.44. The molecule has 0 spiro atoms. The molecular weight excluding hydrogens is 586 g/mol. The Labute approximate surface area is 247 Å². The fourth-order valence-corrected chi connectivity index (χ4v) is 5.45. The van der Waals surface area contributed by atoms with Crippen molar-refractivity contribution >= 4 is 52.2 Å². The van der Waals surface area contributed by atoms with E-state index < -0.39 is 48.7 Å². The van der Waals surface area contributed by atoms with Crippen LogP contribution in [-0.4, -0.2) is 70.3 Å². The Balaban J connectivity index is 1.55. The number of esters is 1. The van der Waals surface area contributed by atoms with Gasteiger partial charge in [-0.25, -0.2) is 14.4 Å². The van der Waals surface area contributed by atoms with Gasteiger partial charge >= 0.3 is 29.9 Å². The summed E-state index contributed by atoms with van der Waals surface area (Å²) in [5.74, 6) is -4.85. The predicted molar refractivity (Wildman–Crippen MR) is 149 cm³/mol. The highest BCUT2D eigenvalue weighted by Crippen LogP contribution is 2.39. The molecule has 3 aromatic rings. The quantitative estimate of drug-likeness (QED) is 0.158. The van der Waals surface area contributed by atoms with Crippen molar-refractivity contribution in [3.63, 3.8) is 0 Å². The molecule has 0 bridgehead atoms. The lowest BCUT2D eigenvalue weighted by Crippen LogP contribution is -2.50. The Bertz CT molecular complexity index is 1570. The lowest BCUT2D eigenvalue weighted by Gasteiger charge is -2.35. The highest BCUT2D eigenvalue weighted by atomic mass is 32.1. The molecule has 2 aromatic carbocycles. The van der Waals surface area contributed by atoms with Gasteiger partial charge in [0.2, 0.25) is 6.79 Å². The largest absolute Gasteiger partial charge is 0.478 e. The number of hydrogen-bond acceptors (Lipinski definition) is 10. The van der Waals surface area contributed by atoms with Crippen LogP contribution in [0.15, 0.2) is 54.6 Å². The van der Waals surface area contributed by atoms with E-state index in [0.717, 1.165) is 18.3 Å². The average molecular weight is 612 g/mol. The van der Waals surface area contributed by atoms with Gasteiger partial charge in [-0.05, 0) is 42.3 Å². The Kier molecular flexibility index (Phi) is 9.57. The average Bonchev–Trinajstić information content (AvgIpc) is 3.32. The van der Waals surface area contributed by atoms with E-state index in [0.29, 0.717) is 16.4 Å². The van der Waals surface area contributed by atoms with Gasteiger partial charge in [0, 0.05) is 23.9 Å². The number of benzene rings is 2. The second kappa shape index (κ2) is 13.5. The van der Waals surface area contributed by atoms with E-state index in [-0.39, 0.29) is 41.2 Å². The van der Waals surface area contributed by atoms with Crippen LogP contribution in [0.4, 0.5) is 9.80 Å². The van der Waals surface area contributed by atoms with Crippen LogP contribution in [0.3, 0.4) is 0 Å². The second-order valence-electron chi connectivity index (χ2n) is 9.08. The monoisotopic (exact) mass is 611 g/mol. The summed E-state index contributed by atoms with van der Waals surface area (Å²) < 4.78 is 15.5. The van der Waals surface area contributed by atoms with Crippen LogP contribution in [0, 0.1) is 0 Å². The van der Waals surface area contributed by atoms with Crippen molar-refractivity contribution in [1.82, 2.24) is 10.2 Å². The highest BCUT2D eigenvalue weighted by molar-refractivity contribution is 7.17. The number of carboxylic acids is 2. The van der Waals surface area contributed by atoms with E-state index in [1.807, 2.05) is 6.07 Å². The number of aromatic carboxylic acids is 1. The zero-order chi connectivity index (χ0) is 31.1. The summed E-state index contributed by atoms with van der Waals surface area (Å²) in [6.07, 6.45) is -0.998. The molecule has 43 heavy (non-hydrogen) atoms. The molecule has 3 amide bonds. The molecule has 15 heteroatoms. The summed E-state index contributed by atoms with van der Waals surface area (Å²) in [6.45, 7) is 0.125. The third kappa shape index (κ3) is 7.65. The maximum atomic E-state index is 13.1. The molecule has 1 aromatic heterocycles. The molecule has 2 heterocycles. The molecule has 0 saturated carbocycles. The number of amides is 3. The minimum atomic E-state index is -1.81. The highest BCUT2D eigenvalue weighted by Gasteiger charge is 2.37. The lowest BCUT2D eigenvalue weighted by molar-refractivity contribution is -0.149. The van der Waals surface area contributed by atoms with Crippen molar-refractivity contribution in [3.05, 3.63) is 76.2 Å². The summed E-state index contributed by atoms with van der Waals surface area (Å²) in [5.41, 5.74) is 0.207. The number of thiophene rings is 1. The summed E-state index contributed by atoms with van der Waals surface area (Å²) >= 11 is 0.799. The van der Waals surface area contributed by atoms with Crippen LogP contribution in [0.1, 0.15) is 38.1 Å². The van der Waals surface area contributed by atoms with Gasteiger partial charge in [-0.1, -0.05) is 24.3 Å². The number of fused-ring (bicyclic) bond motifs is 1. The van der Waals surface area contributed by atoms with Gasteiger partial charge < -0.3 is 35.1 Å². The van der Waals surface area contributed by atoms with Crippen LogP contribution in [-0.2, 0) is 36.8 Å². The lowest BCUT2D eigenvalue weighted by atomic mass is 9.96. The van der Waals surface area contributed by atoms with Gasteiger partial charge in [0.1, 0.15) is 16.5 Å². The number of aliphatic carboxylic acids is 1. The summed E-state index contributed by atoms with van der Waals surface area (Å²) in [7, 11) is 0. The van der Waals surface area contributed by atoms with Gasteiger partial charge in [0.25, 0.3) is 5.91 Å². The molecule has 1 aliphatic heterocycles. The maximum absolute atomic E-state index is 13.1. The first-order chi connectivity index (χ1) is 20.5. The number of nitrogens with zero attached hydrogens (tertiary/aromatic N) is 1. The van der Waals surface area contributed by atoms with Gasteiger partial charge in [0.15, 0.2) is 0 Å². The van der Waals surface area contributed by atoms with E-state index in [4.69, 9.17) is 14.6 Å². The number of anilines is 1. The van der Waals surface area contributed by atoms with E-state index >= 15 is 0 Å². The third-order valence-corrected chi connectivity index (χ3v) is 7.31. The van der Waals surface area contributed by atoms with E-state index in [2.05, 4.69) is 15.4 Å². The van der Waals surface area contributed by atoms with Crippen LogP contribution in [0.25, 0.3) is 0 Å². The smallest absolute Gasteiger partial charge is 0.413 e. The minimum Gasteiger partial charge on any atom is -0.478 e. The number of carboxylic acid groups (broad SMARTS) is 2.